The first-order chi connectivity index (χ1) is 9.69. The number of hydrogen-bond donors (Lipinski definition) is 1. The highest BCUT2D eigenvalue weighted by molar-refractivity contribution is 6.13. The summed E-state index contributed by atoms with van der Waals surface area (Å²) in [7, 11) is 5.01. The molecule has 2 aromatic carbocycles. The van der Waals surface area contributed by atoms with Gasteiger partial charge in [-0.05, 0) is 36.8 Å². The summed E-state index contributed by atoms with van der Waals surface area (Å²) >= 11 is 0. The topological polar surface area (TPSA) is 43.5 Å². The molecule has 0 fully saturated rings. The van der Waals surface area contributed by atoms with Gasteiger partial charge in [0.05, 0.1) is 32.2 Å². The number of aromatic amines is 1. The summed E-state index contributed by atoms with van der Waals surface area (Å²) in [5, 5.41) is 2.09. The number of fused-ring (bicyclic) bond motifs is 3. The highest BCUT2D eigenvalue weighted by Crippen LogP contribution is 2.40. The van der Waals surface area contributed by atoms with Gasteiger partial charge in [0, 0.05) is 10.9 Å². The van der Waals surface area contributed by atoms with Gasteiger partial charge in [-0.25, -0.2) is 0 Å². The molecular formula is C16H17NO3. The highest BCUT2D eigenvalue weighted by Gasteiger charge is 2.15. The maximum Gasteiger partial charge on any atom is 0.143 e. The SMILES string of the molecule is COc1cc(C)c2[nH]c3c(OC)ccc(OC)c3c2c1. The fourth-order valence-corrected chi connectivity index (χ4v) is 2.66. The third kappa shape index (κ3) is 1.68. The summed E-state index contributed by atoms with van der Waals surface area (Å²) in [4.78, 5) is 3.43. The molecule has 4 heteroatoms. The zero-order valence-electron chi connectivity index (χ0n) is 12.0. The maximum absolute atomic E-state index is 5.49. The number of methoxy groups -OCH3 is 3. The van der Waals surface area contributed by atoms with E-state index in [-0.39, 0.29) is 0 Å². The van der Waals surface area contributed by atoms with Gasteiger partial charge >= 0.3 is 0 Å². The maximum atomic E-state index is 5.49. The zero-order valence-corrected chi connectivity index (χ0v) is 12.0. The van der Waals surface area contributed by atoms with Gasteiger partial charge in [0.25, 0.3) is 0 Å². The molecule has 1 N–H and O–H groups in total. The van der Waals surface area contributed by atoms with Gasteiger partial charge in [0.15, 0.2) is 0 Å². The van der Waals surface area contributed by atoms with E-state index in [0.29, 0.717) is 0 Å². The number of aromatic nitrogens is 1. The van der Waals surface area contributed by atoms with Gasteiger partial charge in [-0.15, -0.1) is 0 Å². The molecule has 20 heavy (non-hydrogen) atoms. The van der Waals surface area contributed by atoms with Crippen molar-refractivity contribution in [2.24, 2.45) is 0 Å². The third-order valence-electron chi connectivity index (χ3n) is 3.63. The van der Waals surface area contributed by atoms with Crippen molar-refractivity contribution in [1.82, 2.24) is 4.98 Å². The van der Waals surface area contributed by atoms with Gasteiger partial charge in [0.2, 0.25) is 0 Å². The summed E-state index contributed by atoms with van der Waals surface area (Å²) in [6, 6.07) is 7.85. The molecule has 104 valence electrons. The number of ether oxygens (including phenoxy) is 3. The molecule has 0 aliphatic carbocycles. The fraction of sp³-hybridized carbons (Fsp3) is 0.250. The lowest BCUT2D eigenvalue weighted by atomic mass is 10.1. The predicted octanol–water partition coefficient (Wildman–Crippen LogP) is 3.66. The first-order valence-corrected chi connectivity index (χ1v) is 6.40. The summed E-state index contributed by atoms with van der Waals surface area (Å²) in [5.41, 5.74) is 3.14. The third-order valence-corrected chi connectivity index (χ3v) is 3.63. The van der Waals surface area contributed by atoms with E-state index >= 15 is 0 Å². The zero-order chi connectivity index (χ0) is 14.3. The van der Waals surface area contributed by atoms with Crippen molar-refractivity contribution in [3.05, 3.63) is 29.8 Å². The van der Waals surface area contributed by atoms with Crippen LogP contribution < -0.4 is 14.2 Å². The fourth-order valence-electron chi connectivity index (χ4n) is 2.66. The van der Waals surface area contributed by atoms with Crippen molar-refractivity contribution >= 4 is 21.8 Å². The number of aryl methyl sites for hydroxylation is 1. The van der Waals surface area contributed by atoms with Crippen LogP contribution in [0.1, 0.15) is 5.56 Å². The molecule has 3 aromatic rings. The van der Waals surface area contributed by atoms with Gasteiger partial charge in [-0.3, -0.25) is 0 Å². The summed E-state index contributed by atoms with van der Waals surface area (Å²) < 4.78 is 16.3. The molecule has 4 nitrogen and oxygen atoms in total. The van der Waals surface area contributed by atoms with E-state index < -0.39 is 0 Å². The molecular weight excluding hydrogens is 254 g/mol. The van der Waals surface area contributed by atoms with Crippen LogP contribution in [0.3, 0.4) is 0 Å². The minimum atomic E-state index is 0.801. The van der Waals surface area contributed by atoms with E-state index in [1.807, 2.05) is 24.3 Å². The van der Waals surface area contributed by atoms with Crippen molar-refractivity contribution in [1.29, 1.82) is 0 Å². The van der Waals surface area contributed by atoms with Crippen LogP contribution in [0.5, 0.6) is 17.2 Å². The largest absolute Gasteiger partial charge is 0.497 e. The van der Waals surface area contributed by atoms with Crippen LogP contribution in [0.4, 0.5) is 0 Å². The summed E-state index contributed by atoms with van der Waals surface area (Å²) in [6.07, 6.45) is 0. The van der Waals surface area contributed by atoms with E-state index in [2.05, 4.69) is 11.9 Å². The summed E-state index contributed by atoms with van der Waals surface area (Å²) in [5.74, 6) is 2.45. The van der Waals surface area contributed by atoms with Crippen LogP contribution in [-0.4, -0.2) is 26.3 Å². The number of rotatable bonds is 3. The Hall–Kier alpha value is -2.36. The van der Waals surface area contributed by atoms with Gasteiger partial charge in [-0.1, -0.05) is 0 Å². The van der Waals surface area contributed by atoms with Gasteiger partial charge < -0.3 is 19.2 Å². The van der Waals surface area contributed by atoms with Gasteiger partial charge in [0.1, 0.15) is 17.2 Å². The molecule has 0 radical (unpaired) electrons. The lowest BCUT2D eigenvalue weighted by molar-refractivity contribution is 0.410. The lowest BCUT2D eigenvalue weighted by Crippen LogP contribution is -1.88. The van der Waals surface area contributed by atoms with Crippen LogP contribution in [0.25, 0.3) is 21.8 Å². The molecule has 0 aliphatic heterocycles. The Kier molecular flexibility index (Phi) is 2.93. The first-order valence-electron chi connectivity index (χ1n) is 6.40. The molecule has 3 rings (SSSR count). The number of hydrogen-bond acceptors (Lipinski definition) is 3. The Labute approximate surface area is 117 Å². The minimum Gasteiger partial charge on any atom is -0.497 e. The van der Waals surface area contributed by atoms with Gasteiger partial charge in [-0.2, -0.15) is 0 Å². The Morgan fingerprint density at radius 1 is 0.850 bits per heavy atom. The second kappa shape index (κ2) is 4.63. The molecule has 1 aromatic heterocycles. The van der Waals surface area contributed by atoms with E-state index in [1.165, 1.54) is 0 Å². The molecule has 0 amide bonds. The van der Waals surface area contributed by atoms with Crippen molar-refractivity contribution in [3.8, 4) is 17.2 Å². The van der Waals surface area contributed by atoms with Crippen LogP contribution >= 0.6 is 0 Å². The molecule has 0 saturated carbocycles. The van der Waals surface area contributed by atoms with E-state index in [1.54, 1.807) is 21.3 Å². The average molecular weight is 271 g/mol. The Morgan fingerprint density at radius 3 is 2.20 bits per heavy atom. The molecule has 0 atom stereocenters. The Balaban J connectivity index is 2.51. The smallest absolute Gasteiger partial charge is 0.143 e. The van der Waals surface area contributed by atoms with Crippen LogP contribution in [0.2, 0.25) is 0 Å². The highest BCUT2D eigenvalue weighted by atomic mass is 16.5. The molecule has 0 bridgehead atoms. The second-order valence-corrected chi connectivity index (χ2v) is 4.71. The Bertz CT molecular complexity index is 789. The monoisotopic (exact) mass is 271 g/mol. The van der Waals surface area contributed by atoms with Crippen molar-refractivity contribution < 1.29 is 14.2 Å². The van der Waals surface area contributed by atoms with Crippen molar-refractivity contribution in [2.45, 2.75) is 6.92 Å². The van der Waals surface area contributed by atoms with Crippen molar-refractivity contribution in [3.63, 3.8) is 0 Å². The quantitative estimate of drug-likeness (QED) is 0.790. The van der Waals surface area contributed by atoms with E-state index in [0.717, 1.165) is 44.6 Å². The minimum absolute atomic E-state index is 0.801. The average Bonchev–Trinajstić information content (AvgIpc) is 2.86. The molecule has 0 aliphatic rings. The predicted molar refractivity (Wildman–Crippen MR) is 80.2 cm³/mol. The molecule has 0 spiro atoms. The lowest BCUT2D eigenvalue weighted by Gasteiger charge is -2.06. The molecule has 1 heterocycles. The normalized spacial score (nSPS) is 11.0. The number of benzene rings is 2. The molecule has 0 saturated heterocycles. The standard InChI is InChI=1S/C16H17NO3/c1-9-7-10(18-2)8-11-14-12(19-3)5-6-13(20-4)16(14)17-15(9)11/h5-8,17H,1-4H3. The second-order valence-electron chi connectivity index (χ2n) is 4.71. The van der Waals surface area contributed by atoms with Crippen LogP contribution in [0.15, 0.2) is 24.3 Å². The van der Waals surface area contributed by atoms with Crippen LogP contribution in [0, 0.1) is 6.92 Å². The molecule has 0 unspecified atom stereocenters. The number of H-pyrrole nitrogens is 1. The first kappa shape index (κ1) is 12.7. The van der Waals surface area contributed by atoms with E-state index in [4.69, 9.17) is 14.2 Å². The van der Waals surface area contributed by atoms with E-state index in [9.17, 15) is 0 Å². The Morgan fingerprint density at radius 2 is 1.55 bits per heavy atom. The van der Waals surface area contributed by atoms with Crippen molar-refractivity contribution in [2.75, 3.05) is 21.3 Å². The summed E-state index contributed by atoms with van der Waals surface area (Å²) in [6.45, 7) is 2.05. The number of nitrogens with one attached hydrogen (secondary N) is 1. The van der Waals surface area contributed by atoms with Crippen LogP contribution in [-0.2, 0) is 0 Å².